The number of rotatable bonds is 6. The van der Waals surface area contributed by atoms with Crippen molar-refractivity contribution in [2.45, 2.75) is 45.1 Å². The van der Waals surface area contributed by atoms with E-state index in [1.54, 1.807) is 0 Å². The zero-order valence-corrected chi connectivity index (χ0v) is 11.9. The molecule has 3 heteroatoms. The van der Waals surface area contributed by atoms with Crippen molar-refractivity contribution >= 4 is 5.97 Å². The maximum atomic E-state index is 11.7. The van der Waals surface area contributed by atoms with E-state index in [2.05, 4.69) is 24.8 Å². The van der Waals surface area contributed by atoms with Crippen molar-refractivity contribution in [2.24, 2.45) is 0 Å². The minimum atomic E-state index is -0.661. The number of nitrogens with zero attached hydrogens (tertiary/aromatic N) is 1. The Kier molecular flexibility index (Phi) is 4.25. The fourth-order valence-corrected chi connectivity index (χ4v) is 2.94. The first-order chi connectivity index (χ1) is 9.14. The summed E-state index contributed by atoms with van der Waals surface area (Å²) >= 11 is 0. The molecule has 1 aliphatic carbocycles. The molecule has 0 heterocycles. The zero-order chi connectivity index (χ0) is 13.9. The molecule has 104 valence electrons. The van der Waals surface area contributed by atoms with Gasteiger partial charge < -0.3 is 5.11 Å². The predicted octanol–water partition coefficient (Wildman–Crippen LogP) is 3.03. The number of carbonyl (C=O) groups is 1. The third-order valence-corrected chi connectivity index (χ3v) is 4.44. The van der Waals surface area contributed by atoms with Gasteiger partial charge in [-0.3, -0.25) is 9.69 Å². The molecule has 0 bridgehead atoms. The Labute approximate surface area is 115 Å². The van der Waals surface area contributed by atoms with Gasteiger partial charge in [-0.15, -0.1) is 0 Å². The number of carboxylic acid groups (broad SMARTS) is 1. The van der Waals surface area contributed by atoms with Gasteiger partial charge in [-0.1, -0.05) is 44.5 Å². The summed E-state index contributed by atoms with van der Waals surface area (Å²) in [6.07, 6.45) is 2.57. The fourth-order valence-electron chi connectivity index (χ4n) is 2.94. The highest BCUT2D eigenvalue weighted by Gasteiger charge is 2.46. The lowest BCUT2D eigenvalue weighted by molar-refractivity contribution is -0.147. The average molecular weight is 261 g/mol. The molecule has 0 amide bonds. The van der Waals surface area contributed by atoms with Gasteiger partial charge in [-0.25, -0.2) is 0 Å². The Morgan fingerprint density at radius 3 is 2.37 bits per heavy atom. The van der Waals surface area contributed by atoms with Crippen molar-refractivity contribution in [3.8, 4) is 0 Å². The van der Waals surface area contributed by atoms with E-state index >= 15 is 0 Å². The van der Waals surface area contributed by atoms with Crippen LogP contribution < -0.4 is 0 Å². The quantitative estimate of drug-likeness (QED) is 0.855. The van der Waals surface area contributed by atoms with Crippen LogP contribution in [0, 0.1) is 0 Å². The zero-order valence-electron chi connectivity index (χ0n) is 11.9. The number of carboxylic acids is 1. The van der Waals surface area contributed by atoms with Crippen molar-refractivity contribution < 1.29 is 9.90 Å². The molecule has 0 saturated heterocycles. The van der Waals surface area contributed by atoms with Gasteiger partial charge >= 0.3 is 5.97 Å². The SMILES string of the molecule is CCN(CC)Cc1ccccc1C1(C(=O)O)CCC1. The van der Waals surface area contributed by atoms with Crippen LogP contribution in [-0.4, -0.2) is 29.1 Å². The van der Waals surface area contributed by atoms with E-state index in [9.17, 15) is 9.90 Å². The highest BCUT2D eigenvalue weighted by molar-refractivity contribution is 5.83. The van der Waals surface area contributed by atoms with Crippen LogP contribution in [0.4, 0.5) is 0 Å². The fraction of sp³-hybridized carbons (Fsp3) is 0.562. The lowest BCUT2D eigenvalue weighted by Crippen LogP contribution is -2.43. The minimum absolute atomic E-state index is 0.621. The van der Waals surface area contributed by atoms with E-state index < -0.39 is 11.4 Å². The first-order valence-corrected chi connectivity index (χ1v) is 7.18. The van der Waals surface area contributed by atoms with Gasteiger partial charge in [-0.2, -0.15) is 0 Å². The Hall–Kier alpha value is -1.35. The Balaban J connectivity index is 2.33. The monoisotopic (exact) mass is 261 g/mol. The average Bonchev–Trinajstić information content (AvgIpc) is 2.35. The highest BCUT2D eigenvalue weighted by atomic mass is 16.4. The van der Waals surface area contributed by atoms with E-state index in [1.807, 2.05) is 18.2 Å². The van der Waals surface area contributed by atoms with Gasteiger partial charge in [-0.05, 0) is 37.1 Å². The van der Waals surface area contributed by atoms with Gasteiger partial charge in [0.1, 0.15) is 0 Å². The van der Waals surface area contributed by atoms with Gasteiger partial charge in [0.15, 0.2) is 0 Å². The van der Waals surface area contributed by atoms with Crippen LogP contribution in [0.15, 0.2) is 24.3 Å². The topological polar surface area (TPSA) is 40.5 Å². The second-order valence-corrected chi connectivity index (χ2v) is 5.36. The third-order valence-electron chi connectivity index (χ3n) is 4.44. The first kappa shape index (κ1) is 14.1. The third kappa shape index (κ3) is 2.52. The van der Waals surface area contributed by atoms with E-state index in [-0.39, 0.29) is 0 Å². The van der Waals surface area contributed by atoms with Crippen LogP contribution >= 0.6 is 0 Å². The summed E-state index contributed by atoms with van der Waals surface area (Å²) in [5, 5.41) is 9.60. The van der Waals surface area contributed by atoms with Crippen molar-refractivity contribution in [2.75, 3.05) is 13.1 Å². The first-order valence-electron chi connectivity index (χ1n) is 7.18. The second kappa shape index (κ2) is 5.74. The molecule has 1 aromatic rings. The summed E-state index contributed by atoms with van der Waals surface area (Å²) in [5.74, 6) is -0.661. The Morgan fingerprint density at radius 2 is 1.89 bits per heavy atom. The summed E-state index contributed by atoms with van der Waals surface area (Å²) < 4.78 is 0. The maximum Gasteiger partial charge on any atom is 0.314 e. The normalized spacial score (nSPS) is 17.2. The van der Waals surface area contributed by atoms with E-state index in [0.29, 0.717) is 0 Å². The number of aliphatic carboxylic acids is 1. The summed E-state index contributed by atoms with van der Waals surface area (Å²) in [7, 11) is 0. The molecule has 0 aliphatic heterocycles. The van der Waals surface area contributed by atoms with Crippen LogP contribution in [0.25, 0.3) is 0 Å². The second-order valence-electron chi connectivity index (χ2n) is 5.36. The van der Waals surface area contributed by atoms with Crippen LogP contribution in [-0.2, 0) is 16.8 Å². The van der Waals surface area contributed by atoms with Crippen LogP contribution in [0.3, 0.4) is 0 Å². The highest BCUT2D eigenvalue weighted by Crippen LogP contribution is 2.45. The summed E-state index contributed by atoms with van der Waals surface area (Å²) in [4.78, 5) is 14.0. The van der Waals surface area contributed by atoms with Crippen molar-refractivity contribution in [3.63, 3.8) is 0 Å². The van der Waals surface area contributed by atoms with Crippen LogP contribution in [0.5, 0.6) is 0 Å². The molecule has 1 fully saturated rings. The molecule has 0 unspecified atom stereocenters. The summed E-state index contributed by atoms with van der Waals surface area (Å²) in [6, 6.07) is 8.06. The van der Waals surface area contributed by atoms with Gasteiger partial charge in [0.05, 0.1) is 5.41 Å². The molecule has 19 heavy (non-hydrogen) atoms. The van der Waals surface area contributed by atoms with E-state index in [4.69, 9.17) is 0 Å². The van der Waals surface area contributed by atoms with Crippen molar-refractivity contribution in [1.82, 2.24) is 4.90 Å². The summed E-state index contributed by atoms with van der Waals surface area (Å²) in [5.41, 5.74) is 1.58. The molecular weight excluding hydrogens is 238 g/mol. The van der Waals surface area contributed by atoms with E-state index in [1.165, 1.54) is 5.56 Å². The number of benzene rings is 1. The van der Waals surface area contributed by atoms with Crippen LogP contribution in [0.2, 0.25) is 0 Å². The Bertz CT molecular complexity index is 448. The molecule has 0 aromatic heterocycles. The van der Waals surface area contributed by atoms with E-state index in [0.717, 1.165) is 44.5 Å². The molecule has 1 aliphatic rings. The van der Waals surface area contributed by atoms with Crippen LogP contribution in [0.1, 0.15) is 44.2 Å². The summed E-state index contributed by atoms with van der Waals surface area (Å²) in [6.45, 7) is 7.11. The molecule has 0 spiro atoms. The van der Waals surface area contributed by atoms with Gasteiger partial charge in [0.2, 0.25) is 0 Å². The molecular formula is C16H23NO2. The molecule has 3 nitrogen and oxygen atoms in total. The molecule has 0 radical (unpaired) electrons. The molecule has 2 rings (SSSR count). The molecule has 0 atom stereocenters. The largest absolute Gasteiger partial charge is 0.481 e. The smallest absolute Gasteiger partial charge is 0.314 e. The van der Waals surface area contributed by atoms with Gasteiger partial charge in [0, 0.05) is 6.54 Å². The lowest BCUT2D eigenvalue weighted by Gasteiger charge is -2.40. The Morgan fingerprint density at radius 1 is 1.26 bits per heavy atom. The maximum absolute atomic E-state index is 11.7. The number of hydrogen-bond donors (Lipinski definition) is 1. The standard InChI is InChI=1S/C16H23NO2/c1-3-17(4-2)12-13-8-5-6-9-14(13)16(15(18)19)10-7-11-16/h5-6,8-9H,3-4,7,10-12H2,1-2H3,(H,18,19). The van der Waals surface area contributed by atoms with Crippen molar-refractivity contribution in [3.05, 3.63) is 35.4 Å². The predicted molar refractivity (Wildman–Crippen MR) is 76.2 cm³/mol. The molecule has 1 N–H and O–H groups in total. The lowest BCUT2D eigenvalue weighted by atomic mass is 9.63. The number of hydrogen-bond acceptors (Lipinski definition) is 2. The molecule has 1 aromatic carbocycles. The van der Waals surface area contributed by atoms with Crippen molar-refractivity contribution in [1.29, 1.82) is 0 Å². The minimum Gasteiger partial charge on any atom is -0.481 e. The van der Waals surface area contributed by atoms with Gasteiger partial charge in [0.25, 0.3) is 0 Å². The molecule has 1 saturated carbocycles.